The molecule has 0 amide bonds. The van der Waals surface area contributed by atoms with Crippen LogP contribution in [-0.2, 0) is 11.3 Å². The normalized spacial score (nSPS) is 19.7. The van der Waals surface area contributed by atoms with Crippen LogP contribution in [0.3, 0.4) is 0 Å². The fourth-order valence-corrected chi connectivity index (χ4v) is 2.94. The number of pyridine rings is 1. The van der Waals surface area contributed by atoms with Gasteiger partial charge in [-0.15, -0.1) is 0 Å². The Balaban J connectivity index is 1.99. The maximum atomic E-state index is 5.52. The molecule has 1 unspecified atom stereocenters. The van der Waals surface area contributed by atoms with E-state index in [4.69, 9.17) is 9.72 Å². The molecule has 0 spiro atoms. The smallest absolute Gasteiger partial charge is 0.152 e. The summed E-state index contributed by atoms with van der Waals surface area (Å²) in [6.45, 7) is 2.80. The maximum absolute atomic E-state index is 5.52. The average molecular weight is 274 g/mol. The number of hydrogen-bond donors (Lipinski definition) is 1. The Morgan fingerprint density at radius 2 is 2.35 bits per heavy atom. The zero-order valence-corrected chi connectivity index (χ0v) is 12.2. The summed E-state index contributed by atoms with van der Waals surface area (Å²) in [5.41, 5.74) is 2.23. The quantitative estimate of drug-likeness (QED) is 0.921. The van der Waals surface area contributed by atoms with Crippen LogP contribution in [0, 0.1) is 0 Å². The van der Waals surface area contributed by atoms with Crippen molar-refractivity contribution in [2.75, 3.05) is 32.1 Å². The summed E-state index contributed by atoms with van der Waals surface area (Å²) >= 11 is 0. The summed E-state index contributed by atoms with van der Waals surface area (Å²) in [6, 6.07) is 6.13. The van der Waals surface area contributed by atoms with Crippen LogP contribution in [0.15, 0.2) is 24.4 Å². The molecule has 3 rings (SSSR count). The zero-order chi connectivity index (χ0) is 13.9. The minimum absolute atomic E-state index is 0.316. The van der Waals surface area contributed by atoms with E-state index in [1.165, 1.54) is 5.69 Å². The van der Waals surface area contributed by atoms with E-state index in [0.29, 0.717) is 6.10 Å². The second-order valence-corrected chi connectivity index (χ2v) is 5.29. The van der Waals surface area contributed by atoms with Gasteiger partial charge in [-0.1, -0.05) is 6.07 Å². The van der Waals surface area contributed by atoms with Gasteiger partial charge in [-0.3, -0.25) is 0 Å². The second-order valence-electron chi connectivity index (χ2n) is 5.29. The highest BCUT2D eigenvalue weighted by atomic mass is 16.5. The average Bonchev–Trinajstić information content (AvgIpc) is 2.87. The molecule has 20 heavy (non-hydrogen) atoms. The van der Waals surface area contributed by atoms with E-state index in [1.54, 1.807) is 7.11 Å². The van der Waals surface area contributed by atoms with Crippen LogP contribution in [0.25, 0.3) is 5.65 Å². The minimum Gasteiger partial charge on any atom is -0.380 e. The predicted molar refractivity (Wildman–Crippen MR) is 80.2 cm³/mol. The van der Waals surface area contributed by atoms with Gasteiger partial charge in [0, 0.05) is 32.9 Å². The molecule has 0 saturated carbocycles. The van der Waals surface area contributed by atoms with Crippen molar-refractivity contribution in [2.45, 2.75) is 25.5 Å². The molecule has 108 valence electrons. The molecule has 2 aromatic rings. The van der Waals surface area contributed by atoms with Crippen molar-refractivity contribution in [2.24, 2.45) is 0 Å². The van der Waals surface area contributed by atoms with Gasteiger partial charge in [0.25, 0.3) is 0 Å². The Kier molecular flexibility index (Phi) is 3.89. The molecule has 1 saturated heterocycles. The van der Waals surface area contributed by atoms with Gasteiger partial charge in [0.05, 0.1) is 11.8 Å². The molecule has 1 N–H and O–H groups in total. The van der Waals surface area contributed by atoms with Crippen LogP contribution in [0.2, 0.25) is 0 Å². The summed E-state index contributed by atoms with van der Waals surface area (Å²) in [7, 11) is 3.77. The summed E-state index contributed by atoms with van der Waals surface area (Å²) in [4.78, 5) is 7.18. The monoisotopic (exact) mass is 274 g/mol. The van der Waals surface area contributed by atoms with Crippen molar-refractivity contribution in [1.82, 2.24) is 14.7 Å². The summed E-state index contributed by atoms with van der Waals surface area (Å²) in [5, 5.41) is 3.25. The molecule has 1 fully saturated rings. The van der Waals surface area contributed by atoms with Crippen LogP contribution < -0.4 is 10.2 Å². The van der Waals surface area contributed by atoms with Crippen LogP contribution in [0.4, 0.5) is 5.82 Å². The van der Waals surface area contributed by atoms with Crippen molar-refractivity contribution in [3.8, 4) is 0 Å². The van der Waals surface area contributed by atoms with Crippen molar-refractivity contribution < 1.29 is 4.74 Å². The lowest BCUT2D eigenvalue weighted by molar-refractivity contribution is 0.0891. The first-order valence-corrected chi connectivity index (χ1v) is 7.21. The van der Waals surface area contributed by atoms with E-state index >= 15 is 0 Å². The Labute approximate surface area is 119 Å². The first-order chi connectivity index (χ1) is 9.83. The number of fused-ring (bicyclic) bond motifs is 1. The van der Waals surface area contributed by atoms with E-state index in [1.807, 2.05) is 19.2 Å². The predicted octanol–water partition coefficient (Wildman–Crippen LogP) is 1.67. The van der Waals surface area contributed by atoms with E-state index in [-0.39, 0.29) is 0 Å². The number of nitrogens with zero attached hydrogens (tertiary/aromatic N) is 3. The number of ether oxygens (including phenoxy) is 1. The standard InChI is InChI=1S/C15H22N4O/c1-16-10-13-15(17-14-7-3-4-9-19(13)14)18-8-5-6-12(11-18)20-2/h3-4,7,9,12,16H,5-6,8,10-11H2,1-2H3. The number of anilines is 1. The molecule has 2 aromatic heterocycles. The number of nitrogens with one attached hydrogen (secondary N) is 1. The Morgan fingerprint density at radius 1 is 1.45 bits per heavy atom. The molecule has 0 aromatic carbocycles. The molecular weight excluding hydrogens is 252 g/mol. The fraction of sp³-hybridized carbons (Fsp3) is 0.533. The van der Waals surface area contributed by atoms with Crippen LogP contribution in [0.1, 0.15) is 18.5 Å². The topological polar surface area (TPSA) is 41.8 Å². The summed E-state index contributed by atoms with van der Waals surface area (Å²) in [5.74, 6) is 1.09. The SMILES string of the molecule is CNCc1c(N2CCCC(OC)C2)nc2ccccn12. The first-order valence-electron chi connectivity index (χ1n) is 7.21. The lowest BCUT2D eigenvalue weighted by Gasteiger charge is -2.32. The van der Waals surface area contributed by atoms with Crippen LogP contribution in [-0.4, -0.2) is 42.7 Å². The van der Waals surface area contributed by atoms with Crippen LogP contribution >= 0.6 is 0 Å². The van der Waals surface area contributed by atoms with E-state index in [9.17, 15) is 0 Å². The van der Waals surface area contributed by atoms with Gasteiger partial charge < -0.3 is 19.4 Å². The van der Waals surface area contributed by atoms with E-state index < -0.39 is 0 Å². The number of hydrogen-bond acceptors (Lipinski definition) is 4. The number of aromatic nitrogens is 2. The lowest BCUT2D eigenvalue weighted by Crippen LogP contribution is -2.40. The molecule has 1 aliphatic rings. The third-order valence-electron chi connectivity index (χ3n) is 3.96. The second kappa shape index (κ2) is 5.81. The number of rotatable bonds is 4. The van der Waals surface area contributed by atoms with Gasteiger partial charge >= 0.3 is 0 Å². The Morgan fingerprint density at radius 3 is 3.15 bits per heavy atom. The summed E-state index contributed by atoms with van der Waals surface area (Å²) in [6.07, 6.45) is 4.69. The highest BCUT2D eigenvalue weighted by Gasteiger charge is 2.24. The molecule has 5 nitrogen and oxygen atoms in total. The third-order valence-corrected chi connectivity index (χ3v) is 3.96. The number of methoxy groups -OCH3 is 1. The van der Waals surface area contributed by atoms with Gasteiger partial charge in [-0.05, 0) is 32.0 Å². The molecule has 1 atom stereocenters. The molecule has 1 aliphatic heterocycles. The molecule has 3 heterocycles. The van der Waals surface area contributed by atoms with Crippen molar-refractivity contribution in [3.63, 3.8) is 0 Å². The Hall–Kier alpha value is -1.59. The van der Waals surface area contributed by atoms with E-state index in [0.717, 1.165) is 43.9 Å². The van der Waals surface area contributed by atoms with Gasteiger partial charge in [-0.2, -0.15) is 0 Å². The summed E-state index contributed by atoms with van der Waals surface area (Å²) < 4.78 is 7.69. The van der Waals surface area contributed by atoms with Crippen molar-refractivity contribution in [3.05, 3.63) is 30.1 Å². The largest absolute Gasteiger partial charge is 0.380 e. The molecular formula is C15H22N4O. The van der Waals surface area contributed by atoms with Gasteiger partial charge in [0.2, 0.25) is 0 Å². The molecule has 0 aliphatic carbocycles. The maximum Gasteiger partial charge on any atom is 0.152 e. The van der Waals surface area contributed by atoms with Crippen molar-refractivity contribution >= 4 is 11.5 Å². The van der Waals surface area contributed by atoms with Crippen LogP contribution in [0.5, 0.6) is 0 Å². The van der Waals surface area contributed by atoms with Crippen molar-refractivity contribution in [1.29, 1.82) is 0 Å². The number of piperidine rings is 1. The highest BCUT2D eigenvalue weighted by Crippen LogP contribution is 2.25. The third kappa shape index (κ3) is 2.39. The first kappa shape index (κ1) is 13.4. The fourth-order valence-electron chi connectivity index (χ4n) is 2.94. The van der Waals surface area contributed by atoms with Gasteiger partial charge in [0.15, 0.2) is 5.82 Å². The Bertz CT molecular complexity index is 580. The minimum atomic E-state index is 0.316. The molecule has 0 bridgehead atoms. The van der Waals surface area contributed by atoms with E-state index in [2.05, 4.69) is 26.9 Å². The lowest BCUT2D eigenvalue weighted by atomic mass is 10.1. The number of imidazole rings is 1. The van der Waals surface area contributed by atoms with Gasteiger partial charge in [-0.25, -0.2) is 4.98 Å². The molecule has 0 radical (unpaired) electrons. The zero-order valence-electron chi connectivity index (χ0n) is 12.2. The highest BCUT2D eigenvalue weighted by molar-refractivity contribution is 5.56. The van der Waals surface area contributed by atoms with Gasteiger partial charge in [0.1, 0.15) is 5.65 Å². The molecule has 5 heteroatoms.